The van der Waals surface area contributed by atoms with Crippen LogP contribution < -0.4 is 0 Å². The van der Waals surface area contributed by atoms with Crippen LogP contribution in [0, 0.1) is 13.8 Å². The van der Waals surface area contributed by atoms with Crippen LogP contribution in [0.25, 0.3) is 0 Å². The minimum Gasteiger partial charge on any atom is -0.162 e. The monoisotopic (exact) mass is 194 g/mol. The van der Waals surface area contributed by atoms with Crippen molar-refractivity contribution in [1.82, 2.24) is 0 Å². The summed E-state index contributed by atoms with van der Waals surface area (Å²) in [6.07, 6.45) is 2.93. The fourth-order valence-corrected chi connectivity index (χ4v) is 2.19. The van der Waals surface area contributed by atoms with E-state index in [4.69, 9.17) is 0 Å². The summed E-state index contributed by atoms with van der Waals surface area (Å²) in [5, 5.41) is 0. The summed E-state index contributed by atoms with van der Waals surface area (Å²) in [6.45, 7) is 4.24. The highest BCUT2D eigenvalue weighted by atomic mass is 32.2. The van der Waals surface area contributed by atoms with E-state index in [-0.39, 0.29) is 0 Å². The molecule has 0 nitrogen and oxygen atoms in total. The van der Waals surface area contributed by atoms with Crippen molar-refractivity contribution < 1.29 is 0 Å². The van der Waals surface area contributed by atoms with Crippen molar-refractivity contribution in [3.05, 3.63) is 35.4 Å². The average Bonchev–Trinajstić information content (AvgIpc) is 2.68. The Kier molecular flexibility index (Phi) is 4.99. The largest absolute Gasteiger partial charge is 0.162 e. The van der Waals surface area contributed by atoms with Crippen molar-refractivity contribution in [3.63, 3.8) is 0 Å². The van der Waals surface area contributed by atoms with Crippen LogP contribution in [0.1, 0.15) is 24.0 Å². The smallest absolute Gasteiger partial charge is 0.00672 e. The summed E-state index contributed by atoms with van der Waals surface area (Å²) in [4.78, 5) is 0. The lowest BCUT2D eigenvalue weighted by atomic mass is 10.1. The standard InChI is InChI=1S/C8H10.C4H8S/c1-7-5-3-4-6-8(7)2;1-2-4-5-3-1/h3-6H,1-2H3;1-4H2. The van der Waals surface area contributed by atoms with E-state index in [0.29, 0.717) is 0 Å². The van der Waals surface area contributed by atoms with Gasteiger partial charge in [-0.1, -0.05) is 24.3 Å². The van der Waals surface area contributed by atoms with Crippen molar-refractivity contribution in [3.8, 4) is 0 Å². The van der Waals surface area contributed by atoms with E-state index in [1.807, 2.05) is 0 Å². The molecule has 1 fully saturated rings. The first-order valence-electron chi connectivity index (χ1n) is 4.90. The Balaban J connectivity index is 0.000000145. The van der Waals surface area contributed by atoms with Crippen LogP contribution in [0.3, 0.4) is 0 Å². The Morgan fingerprint density at radius 2 is 1.38 bits per heavy atom. The van der Waals surface area contributed by atoms with Gasteiger partial charge in [-0.2, -0.15) is 11.8 Å². The molecule has 72 valence electrons. The number of thioether (sulfide) groups is 1. The maximum Gasteiger partial charge on any atom is -0.00672 e. The first-order valence-corrected chi connectivity index (χ1v) is 6.06. The van der Waals surface area contributed by atoms with Crippen molar-refractivity contribution in [2.45, 2.75) is 26.7 Å². The van der Waals surface area contributed by atoms with Crippen LogP contribution in [0.4, 0.5) is 0 Å². The Morgan fingerprint density at radius 1 is 0.923 bits per heavy atom. The van der Waals surface area contributed by atoms with Gasteiger partial charge in [-0.15, -0.1) is 0 Å². The van der Waals surface area contributed by atoms with Gasteiger partial charge >= 0.3 is 0 Å². The minimum absolute atomic E-state index is 1.37. The summed E-state index contributed by atoms with van der Waals surface area (Å²) in [5.41, 5.74) is 2.74. The van der Waals surface area contributed by atoms with Crippen LogP contribution >= 0.6 is 11.8 Å². The summed E-state index contributed by atoms with van der Waals surface area (Å²) >= 11 is 2.07. The van der Waals surface area contributed by atoms with Crippen molar-refractivity contribution in [2.75, 3.05) is 11.5 Å². The second-order valence-corrected chi connectivity index (χ2v) is 4.63. The van der Waals surface area contributed by atoms with Crippen molar-refractivity contribution >= 4 is 11.8 Å². The van der Waals surface area contributed by atoms with Crippen LogP contribution in [0.5, 0.6) is 0 Å². The molecule has 2 rings (SSSR count). The van der Waals surface area contributed by atoms with Crippen LogP contribution in [0.2, 0.25) is 0 Å². The van der Waals surface area contributed by atoms with Gasteiger partial charge in [0.2, 0.25) is 0 Å². The highest BCUT2D eigenvalue weighted by Gasteiger charge is 1.95. The number of aryl methyl sites for hydroxylation is 2. The number of rotatable bonds is 0. The lowest BCUT2D eigenvalue weighted by Gasteiger charge is -1.93. The molecule has 1 aromatic rings. The van der Waals surface area contributed by atoms with E-state index in [0.717, 1.165) is 0 Å². The van der Waals surface area contributed by atoms with Gasteiger partial charge in [-0.25, -0.2) is 0 Å². The molecule has 1 heterocycles. The second kappa shape index (κ2) is 6.09. The SMILES string of the molecule is C1CCSC1.Cc1ccccc1C. The molecule has 13 heavy (non-hydrogen) atoms. The molecule has 0 radical (unpaired) electrons. The molecule has 1 aliphatic rings. The Bertz CT molecular complexity index is 210. The third kappa shape index (κ3) is 4.37. The molecule has 1 heteroatoms. The molecule has 0 amide bonds. The van der Waals surface area contributed by atoms with Gasteiger partial charge in [-0.05, 0) is 49.3 Å². The second-order valence-electron chi connectivity index (χ2n) is 3.40. The van der Waals surface area contributed by atoms with Gasteiger partial charge < -0.3 is 0 Å². The van der Waals surface area contributed by atoms with E-state index in [9.17, 15) is 0 Å². The summed E-state index contributed by atoms with van der Waals surface area (Å²) in [5.74, 6) is 2.83. The molecule has 1 aliphatic heterocycles. The molecular weight excluding hydrogens is 176 g/mol. The zero-order chi connectivity index (χ0) is 9.52. The fraction of sp³-hybridized carbons (Fsp3) is 0.500. The van der Waals surface area contributed by atoms with Gasteiger partial charge in [0.05, 0.1) is 0 Å². The maximum absolute atomic E-state index is 2.12. The summed E-state index contributed by atoms with van der Waals surface area (Å²) < 4.78 is 0. The van der Waals surface area contributed by atoms with Crippen molar-refractivity contribution in [2.24, 2.45) is 0 Å². The molecule has 0 spiro atoms. The van der Waals surface area contributed by atoms with Gasteiger partial charge in [-0.3, -0.25) is 0 Å². The van der Waals surface area contributed by atoms with Gasteiger partial charge in [0.15, 0.2) is 0 Å². The molecule has 0 atom stereocenters. The van der Waals surface area contributed by atoms with Gasteiger partial charge in [0, 0.05) is 0 Å². The molecule has 0 bridgehead atoms. The topological polar surface area (TPSA) is 0 Å². The zero-order valence-electron chi connectivity index (χ0n) is 8.55. The van der Waals surface area contributed by atoms with E-state index in [1.54, 1.807) is 0 Å². The van der Waals surface area contributed by atoms with Crippen molar-refractivity contribution in [1.29, 1.82) is 0 Å². The Morgan fingerprint density at radius 3 is 1.62 bits per heavy atom. The molecule has 0 N–H and O–H groups in total. The number of hydrogen-bond donors (Lipinski definition) is 0. The number of benzene rings is 1. The highest BCUT2D eigenvalue weighted by Crippen LogP contribution is 2.14. The molecule has 0 aromatic heterocycles. The quantitative estimate of drug-likeness (QED) is 0.605. The van der Waals surface area contributed by atoms with Crippen LogP contribution in [-0.2, 0) is 0 Å². The molecule has 1 saturated heterocycles. The van der Waals surface area contributed by atoms with Gasteiger partial charge in [0.25, 0.3) is 0 Å². The molecule has 0 aliphatic carbocycles. The fourth-order valence-electron chi connectivity index (χ4n) is 1.17. The van der Waals surface area contributed by atoms with E-state index in [1.165, 1.54) is 35.5 Å². The Hall–Kier alpha value is -0.430. The van der Waals surface area contributed by atoms with Gasteiger partial charge in [0.1, 0.15) is 0 Å². The lowest BCUT2D eigenvalue weighted by Crippen LogP contribution is -1.74. The van der Waals surface area contributed by atoms with Crippen LogP contribution in [-0.4, -0.2) is 11.5 Å². The third-order valence-electron chi connectivity index (χ3n) is 2.25. The first kappa shape index (κ1) is 10.6. The normalized spacial score (nSPS) is 14.9. The highest BCUT2D eigenvalue weighted by molar-refractivity contribution is 7.99. The summed E-state index contributed by atoms with van der Waals surface area (Å²) in [7, 11) is 0. The molecular formula is C12H18S. The zero-order valence-corrected chi connectivity index (χ0v) is 9.36. The summed E-state index contributed by atoms with van der Waals surface area (Å²) in [6, 6.07) is 8.36. The first-order chi connectivity index (χ1) is 6.30. The lowest BCUT2D eigenvalue weighted by molar-refractivity contribution is 0.949. The minimum atomic E-state index is 1.37. The number of hydrogen-bond acceptors (Lipinski definition) is 1. The molecule has 0 unspecified atom stereocenters. The third-order valence-corrected chi connectivity index (χ3v) is 3.41. The average molecular weight is 194 g/mol. The molecule has 1 aromatic carbocycles. The predicted molar refractivity (Wildman–Crippen MR) is 62.5 cm³/mol. The van der Waals surface area contributed by atoms with E-state index < -0.39 is 0 Å². The van der Waals surface area contributed by atoms with E-state index in [2.05, 4.69) is 49.9 Å². The maximum atomic E-state index is 2.12. The molecule has 0 saturated carbocycles. The van der Waals surface area contributed by atoms with Crippen LogP contribution in [0.15, 0.2) is 24.3 Å². The Labute approximate surface area is 85.7 Å². The predicted octanol–water partition coefficient (Wildman–Crippen LogP) is 3.82. The van der Waals surface area contributed by atoms with E-state index >= 15 is 0 Å².